The molecule has 0 aliphatic carbocycles. The Kier molecular flexibility index (Phi) is 64.3. The van der Waals surface area contributed by atoms with Crippen molar-refractivity contribution in [3.05, 3.63) is 134 Å². The van der Waals surface area contributed by atoms with E-state index >= 15 is 0 Å². The Labute approximate surface area is 500 Å². The molecule has 0 radical (unpaired) electrons. The fourth-order valence-electron chi connectivity index (χ4n) is 9.14. The number of unbranched alkanes of at least 4 members (excludes halogenated alkanes) is 27. The number of rotatable bonds is 60. The van der Waals surface area contributed by atoms with E-state index in [0.29, 0.717) is 12.8 Å². The summed E-state index contributed by atoms with van der Waals surface area (Å²) in [7, 11) is 0. The molecule has 0 N–H and O–H groups in total. The van der Waals surface area contributed by atoms with Crippen LogP contribution in [0.4, 0.5) is 0 Å². The van der Waals surface area contributed by atoms with Crippen LogP contribution in [0.25, 0.3) is 0 Å². The van der Waals surface area contributed by atoms with Crippen LogP contribution in [0, 0.1) is 0 Å². The summed E-state index contributed by atoms with van der Waals surface area (Å²) < 4.78 is 16.9. The molecule has 0 aromatic carbocycles. The molecule has 0 spiro atoms. The van der Waals surface area contributed by atoms with Crippen molar-refractivity contribution in [3.8, 4) is 0 Å². The van der Waals surface area contributed by atoms with E-state index in [1.807, 2.05) is 0 Å². The van der Waals surface area contributed by atoms with Gasteiger partial charge in [0.05, 0.1) is 0 Å². The second-order valence-corrected chi connectivity index (χ2v) is 22.0. The van der Waals surface area contributed by atoms with Crippen molar-refractivity contribution in [1.29, 1.82) is 0 Å². The smallest absolute Gasteiger partial charge is 0.306 e. The first-order valence-electron chi connectivity index (χ1n) is 33.7. The lowest BCUT2D eigenvalue weighted by Crippen LogP contribution is -2.30. The summed E-state index contributed by atoms with van der Waals surface area (Å²) in [5.41, 5.74) is 0. The number of esters is 3. The van der Waals surface area contributed by atoms with Crippen molar-refractivity contribution >= 4 is 17.9 Å². The van der Waals surface area contributed by atoms with Crippen LogP contribution in [0.15, 0.2) is 134 Å². The summed E-state index contributed by atoms with van der Waals surface area (Å²) in [5.74, 6) is -0.947. The predicted octanol–water partition coefficient (Wildman–Crippen LogP) is 23.3. The van der Waals surface area contributed by atoms with Gasteiger partial charge in [0.1, 0.15) is 13.2 Å². The maximum atomic E-state index is 12.9. The predicted molar refractivity (Wildman–Crippen MR) is 353 cm³/mol. The molecular formula is C75H124O6. The third-order valence-corrected chi connectivity index (χ3v) is 14.1. The number of carbonyl (C=O) groups excluding carboxylic acids is 3. The van der Waals surface area contributed by atoms with E-state index in [-0.39, 0.29) is 37.5 Å². The van der Waals surface area contributed by atoms with Gasteiger partial charge in [0.25, 0.3) is 0 Å². The molecule has 0 aromatic rings. The van der Waals surface area contributed by atoms with Crippen molar-refractivity contribution in [2.45, 2.75) is 309 Å². The summed E-state index contributed by atoms with van der Waals surface area (Å²) >= 11 is 0. The third-order valence-electron chi connectivity index (χ3n) is 14.1. The van der Waals surface area contributed by atoms with Crippen LogP contribution in [-0.4, -0.2) is 37.2 Å². The van der Waals surface area contributed by atoms with Gasteiger partial charge < -0.3 is 14.2 Å². The van der Waals surface area contributed by atoms with E-state index in [1.54, 1.807) is 0 Å². The maximum absolute atomic E-state index is 12.9. The number of allylic oxidation sites excluding steroid dienone is 22. The Morgan fingerprint density at radius 1 is 0.259 bits per heavy atom. The molecule has 0 aromatic heterocycles. The third kappa shape index (κ3) is 66.2. The van der Waals surface area contributed by atoms with Crippen molar-refractivity contribution in [3.63, 3.8) is 0 Å². The van der Waals surface area contributed by atoms with Crippen LogP contribution in [0.3, 0.4) is 0 Å². The molecule has 81 heavy (non-hydrogen) atoms. The van der Waals surface area contributed by atoms with Gasteiger partial charge >= 0.3 is 17.9 Å². The van der Waals surface area contributed by atoms with Crippen LogP contribution in [0.2, 0.25) is 0 Å². The van der Waals surface area contributed by atoms with Crippen LogP contribution in [0.5, 0.6) is 0 Å². The monoisotopic (exact) mass is 1120 g/mol. The summed E-state index contributed by atoms with van der Waals surface area (Å²) in [6.45, 7) is 6.38. The highest BCUT2D eigenvalue weighted by atomic mass is 16.6. The standard InChI is InChI=1S/C75H124O6/c1-4-7-10-13-16-19-22-25-28-30-32-33-34-35-36-37-38-39-40-41-43-44-47-50-53-56-59-62-65-68-74(77)80-71-72(70-79-73(76)67-64-61-58-55-52-49-46-27-24-21-18-15-12-9-6-3)81-75(78)69-66-63-60-57-54-51-48-45-42-31-29-26-23-20-17-14-11-8-5-2/h8-9,11-12,17-18,20-22,25-27,29-30,32,34-35,42,45-46,51,54,72H,4-7,10,13-16,19,23-24,28,31,33,36-41,43-44,47-50,52-53,55-71H2,1-3H3/b11-8-,12-9-,20-17-,21-18-,25-22-,29-26-,32-30-,35-34-,45-42-,46-27-,54-51-. The van der Waals surface area contributed by atoms with Crippen LogP contribution in [-0.2, 0) is 28.6 Å². The van der Waals surface area contributed by atoms with Gasteiger partial charge in [0.2, 0.25) is 0 Å². The zero-order valence-corrected chi connectivity index (χ0v) is 52.8. The van der Waals surface area contributed by atoms with Crippen molar-refractivity contribution in [2.75, 3.05) is 13.2 Å². The molecule has 1 unspecified atom stereocenters. The highest BCUT2D eigenvalue weighted by molar-refractivity contribution is 5.71. The molecule has 0 aliphatic rings. The minimum absolute atomic E-state index is 0.100. The van der Waals surface area contributed by atoms with Crippen molar-refractivity contribution < 1.29 is 28.6 Å². The van der Waals surface area contributed by atoms with Gasteiger partial charge in [-0.25, -0.2) is 0 Å². The number of hydrogen-bond acceptors (Lipinski definition) is 6. The number of ether oxygens (including phenoxy) is 3. The van der Waals surface area contributed by atoms with E-state index in [9.17, 15) is 14.4 Å². The van der Waals surface area contributed by atoms with Gasteiger partial charge in [-0.2, -0.15) is 0 Å². The van der Waals surface area contributed by atoms with Gasteiger partial charge in [-0.05, 0) is 135 Å². The summed E-state index contributed by atoms with van der Waals surface area (Å²) in [6.07, 6.45) is 96.1. The Hall–Kier alpha value is -4.45. The Bertz CT molecular complexity index is 1720. The average Bonchev–Trinajstić information content (AvgIpc) is 3.47. The summed E-state index contributed by atoms with van der Waals surface area (Å²) in [4.78, 5) is 38.4. The van der Waals surface area contributed by atoms with E-state index < -0.39 is 6.10 Å². The minimum atomic E-state index is -0.809. The molecule has 0 heterocycles. The normalized spacial score (nSPS) is 13.0. The Balaban J connectivity index is 4.36. The van der Waals surface area contributed by atoms with Gasteiger partial charge in [0.15, 0.2) is 6.10 Å². The summed E-state index contributed by atoms with van der Waals surface area (Å²) in [5, 5.41) is 0. The van der Waals surface area contributed by atoms with Crippen molar-refractivity contribution in [1.82, 2.24) is 0 Å². The molecule has 6 nitrogen and oxygen atoms in total. The van der Waals surface area contributed by atoms with Crippen molar-refractivity contribution in [2.24, 2.45) is 0 Å². The average molecular weight is 1120 g/mol. The van der Waals surface area contributed by atoms with Crippen LogP contribution < -0.4 is 0 Å². The van der Waals surface area contributed by atoms with E-state index in [4.69, 9.17) is 14.2 Å². The number of carbonyl (C=O) groups is 3. The topological polar surface area (TPSA) is 78.9 Å². The molecule has 0 fully saturated rings. The zero-order chi connectivity index (χ0) is 58.5. The minimum Gasteiger partial charge on any atom is -0.462 e. The van der Waals surface area contributed by atoms with Gasteiger partial charge in [-0.1, -0.05) is 283 Å². The first kappa shape index (κ1) is 76.5. The summed E-state index contributed by atoms with van der Waals surface area (Å²) in [6, 6.07) is 0. The van der Waals surface area contributed by atoms with Crippen LogP contribution >= 0.6 is 0 Å². The zero-order valence-electron chi connectivity index (χ0n) is 52.8. The van der Waals surface area contributed by atoms with Crippen LogP contribution in [0.1, 0.15) is 303 Å². The molecular weight excluding hydrogens is 997 g/mol. The first-order valence-corrected chi connectivity index (χ1v) is 33.7. The van der Waals surface area contributed by atoms with Gasteiger partial charge in [-0.3, -0.25) is 14.4 Å². The lowest BCUT2D eigenvalue weighted by atomic mass is 10.0. The second-order valence-electron chi connectivity index (χ2n) is 22.0. The molecule has 0 aliphatic heterocycles. The van der Waals surface area contributed by atoms with E-state index in [2.05, 4.69) is 154 Å². The highest BCUT2D eigenvalue weighted by Gasteiger charge is 2.19. The first-order chi connectivity index (χ1) is 40.0. The molecule has 0 rings (SSSR count). The van der Waals surface area contributed by atoms with Gasteiger partial charge in [-0.15, -0.1) is 0 Å². The fourth-order valence-corrected chi connectivity index (χ4v) is 9.14. The lowest BCUT2D eigenvalue weighted by Gasteiger charge is -2.18. The quantitative estimate of drug-likeness (QED) is 0.0261. The Morgan fingerprint density at radius 2 is 0.481 bits per heavy atom. The maximum Gasteiger partial charge on any atom is 0.306 e. The Morgan fingerprint density at radius 3 is 0.765 bits per heavy atom. The molecule has 1 atom stereocenters. The SMILES string of the molecule is CC/C=C\C/C=C\C/C=C\C/C=C\C/C=C\CCCCCC(=O)OC(COC(=O)CCCCCCC/C=C\C/C=C\C/C=C\CC)COC(=O)CCCCCCCCCCCCCCCC/C=C\C/C=C\C/C=C\CCCCCCC. The van der Waals surface area contributed by atoms with E-state index in [1.165, 1.54) is 116 Å². The second kappa shape index (κ2) is 68.1. The lowest BCUT2D eigenvalue weighted by molar-refractivity contribution is -0.167. The molecule has 6 heteroatoms. The molecule has 0 saturated heterocycles. The van der Waals surface area contributed by atoms with E-state index in [0.717, 1.165) is 148 Å². The number of hydrogen-bond donors (Lipinski definition) is 0. The molecule has 0 bridgehead atoms. The molecule has 0 saturated carbocycles. The molecule has 460 valence electrons. The fraction of sp³-hybridized carbons (Fsp3) is 0.667. The highest BCUT2D eigenvalue weighted by Crippen LogP contribution is 2.16. The molecule has 0 amide bonds. The van der Waals surface area contributed by atoms with Gasteiger partial charge in [0, 0.05) is 19.3 Å². The largest absolute Gasteiger partial charge is 0.462 e.